The Hall–Kier alpha value is -1.59. The third-order valence-corrected chi connectivity index (χ3v) is 4.78. The minimum atomic E-state index is -6.91. The Balaban J connectivity index is 3.94. The lowest BCUT2D eigenvalue weighted by atomic mass is 9.68. The van der Waals surface area contributed by atoms with Gasteiger partial charge in [-0.15, -0.1) is 0 Å². The average molecular weight is 446 g/mol. The molecule has 0 saturated heterocycles. The normalized spacial score (nSPS) is 19.4. The third-order valence-electron chi connectivity index (χ3n) is 4.78. The van der Waals surface area contributed by atoms with Crippen LogP contribution in [-0.4, -0.2) is 40.6 Å². The zero-order chi connectivity index (χ0) is 23.1. The van der Waals surface area contributed by atoms with E-state index in [1.807, 2.05) is 0 Å². The van der Waals surface area contributed by atoms with Crippen molar-refractivity contribution in [3.8, 4) is 0 Å². The maximum absolute atomic E-state index is 14.8. The van der Waals surface area contributed by atoms with Gasteiger partial charge in [0.1, 0.15) is 0 Å². The van der Waals surface area contributed by atoms with Gasteiger partial charge in [0.05, 0.1) is 0 Å². The van der Waals surface area contributed by atoms with Crippen LogP contribution in [0.1, 0.15) is 38.2 Å². The summed E-state index contributed by atoms with van der Waals surface area (Å²) in [5, 5.41) is 10.1. The molecule has 3 atom stereocenters. The van der Waals surface area contributed by atoms with E-state index < -0.39 is 59.8 Å². The van der Waals surface area contributed by atoms with Crippen molar-refractivity contribution in [2.45, 2.75) is 68.1 Å². The molecule has 1 aromatic carbocycles. The van der Waals surface area contributed by atoms with Crippen molar-refractivity contribution in [3.05, 3.63) is 35.9 Å². The van der Waals surface area contributed by atoms with E-state index in [0.29, 0.717) is 0 Å². The first-order chi connectivity index (χ1) is 12.8. The molecule has 1 aromatic rings. The predicted octanol–water partition coefficient (Wildman–Crippen LogP) is 6.42. The van der Waals surface area contributed by atoms with Crippen LogP contribution < -0.4 is 0 Å². The summed E-state index contributed by atoms with van der Waals surface area (Å²) < 4.78 is 151. The molecule has 0 aliphatic heterocycles. The molecule has 0 aliphatic carbocycles. The first-order valence-corrected chi connectivity index (χ1v) is 8.18. The van der Waals surface area contributed by atoms with Crippen molar-refractivity contribution in [1.82, 2.24) is 0 Å². The lowest BCUT2D eigenvalue weighted by Gasteiger charge is -2.50. The third kappa shape index (κ3) is 3.68. The largest absolute Gasteiger partial charge is 0.456 e. The summed E-state index contributed by atoms with van der Waals surface area (Å²) in [5.74, 6) is -16.4. The minimum Gasteiger partial charge on any atom is -0.377 e. The molecule has 1 rings (SSSR count). The molecule has 0 saturated carbocycles. The SMILES string of the molecule is CCCC(F)(C(F)(F)F)C(F)(F)C(O)(C(C)c1ccccc1)C(F)(F)C(F)(F)F. The lowest BCUT2D eigenvalue weighted by Crippen LogP contribution is -2.76. The van der Waals surface area contributed by atoms with Gasteiger partial charge in [0.2, 0.25) is 5.60 Å². The van der Waals surface area contributed by atoms with Gasteiger partial charge in [-0.05, 0) is 12.0 Å². The Kier molecular flexibility index (Phi) is 6.66. The van der Waals surface area contributed by atoms with Crippen LogP contribution in [0.4, 0.5) is 48.3 Å². The Morgan fingerprint density at radius 2 is 1.21 bits per heavy atom. The van der Waals surface area contributed by atoms with Crippen LogP contribution in [0.2, 0.25) is 0 Å². The van der Waals surface area contributed by atoms with E-state index in [1.54, 1.807) is 0 Å². The van der Waals surface area contributed by atoms with Crippen molar-refractivity contribution in [3.63, 3.8) is 0 Å². The van der Waals surface area contributed by atoms with Crippen LogP contribution in [0.5, 0.6) is 0 Å². The van der Waals surface area contributed by atoms with Gasteiger partial charge in [-0.25, -0.2) is 4.39 Å². The molecular formula is C17H17F11O. The first-order valence-electron chi connectivity index (χ1n) is 8.18. The maximum atomic E-state index is 14.8. The van der Waals surface area contributed by atoms with Crippen molar-refractivity contribution in [2.75, 3.05) is 0 Å². The zero-order valence-corrected chi connectivity index (χ0v) is 15.0. The van der Waals surface area contributed by atoms with Gasteiger partial charge in [0.25, 0.3) is 5.67 Å². The second-order valence-electron chi connectivity index (χ2n) is 6.59. The van der Waals surface area contributed by atoms with E-state index in [9.17, 15) is 53.4 Å². The van der Waals surface area contributed by atoms with Crippen LogP contribution in [0.3, 0.4) is 0 Å². The molecule has 0 aromatic heterocycles. The molecule has 0 radical (unpaired) electrons. The number of hydrogen-bond acceptors (Lipinski definition) is 1. The van der Waals surface area contributed by atoms with Gasteiger partial charge in [0.15, 0.2) is 0 Å². The molecule has 3 unspecified atom stereocenters. The van der Waals surface area contributed by atoms with Crippen LogP contribution in [0.15, 0.2) is 30.3 Å². The molecule has 12 heteroatoms. The van der Waals surface area contributed by atoms with Gasteiger partial charge < -0.3 is 5.11 Å². The minimum absolute atomic E-state index is 0.242. The highest BCUT2D eigenvalue weighted by atomic mass is 19.4. The summed E-state index contributed by atoms with van der Waals surface area (Å²) in [5.41, 5.74) is -12.4. The fourth-order valence-electron chi connectivity index (χ4n) is 3.06. The van der Waals surface area contributed by atoms with Crippen LogP contribution in [-0.2, 0) is 0 Å². The van der Waals surface area contributed by atoms with Crippen molar-refractivity contribution < 1.29 is 53.4 Å². The highest BCUT2D eigenvalue weighted by Gasteiger charge is 2.87. The number of benzene rings is 1. The quantitative estimate of drug-likeness (QED) is 0.479. The van der Waals surface area contributed by atoms with Gasteiger partial charge in [-0.1, -0.05) is 50.6 Å². The molecule has 168 valence electrons. The Bertz CT molecular complexity index is 683. The van der Waals surface area contributed by atoms with E-state index in [2.05, 4.69) is 0 Å². The molecule has 0 aliphatic rings. The maximum Gasteiger partial charge on any atom is 0.456 e. The Morgan fingerprint density at radius 1 is 0.759 bits per heavy atom. The van der Waals surface area contributed by atoms with Gasteiger partial charge in [-0.2, -0.15) is 43.9 Å². The summed E-state index contributed by atoms with van der Waals surface area (Å²) in [4.78, 5) is 0. The molecule has 1 N–H and O–H groups in total. The van der Waals surface area contributed by atoms with Crippen LogP contribution in [0.25, 0.3) is 0 Å². The summed E-state index contributed by atoms with van der Waals surface area (Å²) >= 11 is 0. The average Bonchev–Trinajstić information content (AvgIpc) is 2.58. The van der Waals surface area contributed by atoms with Crippen LogP contribution >= 0.6 is 0 Å². The highest BCUT2D eigenvalue weighted by molar-refractivity contribution is 5.29. The monoisotopic (exact) mass is 446 g/mol. The summed E-state index contributed by atoms with van der Waals surface area (Å²) in [6.45, 7) is 1.03. The van der Waals surface area contributed by atoms with Crippen LogP contribution in [0, 0.1) is 0 Å². The molecule has 29 heavy (non-hydrogen) atoms. The number of hydrogen-bond donors (Lipinski definition) is 1. The fourth-order valence-corrected chi connectivity index (χ4v) is 3.06. The molecule has 0 heterocycles. The second-order valence-corrected chi connectivity index (χ2v) is 6.59. The number of alkyl halides is 11. The summed E-state index contributed by atoms with van der Waals surface area (Å²) in [6.07, 6.45) is -16.6. The topological polar surface area (TPSA) is 20.2 Å². The Labute approximate surface area is 158 Å². The molecule has 0 bridgehead atoms. The van der Waals surface area contributed by atoms with E-state index >= 15 is 0 Å². The van der Waals surface area contributed by atoms with E-state index in [4.69, 9.17) is 0 Å². The fraction of sp³-hybridized carbons (Fsp3) is 0.647. The van der Waals surface area contributed by atoms with E-state index in [-0.39, 0.29) is 6.92 Å². The first kappa shape index (κ1) is 25.4. The summed E-state index contributed by atoms with van der Waals surface area (Å²) in [6, 6.07) is 4.71. The zero-order valence-electron chi connectivity index (χ0n) is 15.0. The van der Waals surface area contributed by atoms with Crippen molar-refractivity contribution in [2.24, 2.45) is 0 Å². The molecule has 0 fully saturated rings. The second kappa shape index (κ2) is 7.59. The van der Waals surface area contributed by atoms with E-state index in [0.717, 1.165) is 31.2 Å². The van der Waals surface area contributed by atoms with Crippen molar-refractivity contribution >= 4 is 0 Å². The number of rotatable bonds is 7. The predicted molar refractivity (Wildman–Crippen MR) is 80.6 cm³/mol. The Morgan fingerprint density at radius 3 is 1.55 bits per heavy atom. The van der Waals surface area contributed by atoms with Gasteiger partial charge >= 0.3 is 24.2 Å². The van der Waals surface area contributed by atoms with E-state index in [1.165, 1.54) is 6.07 Å². The van der Waals surface area contributed by atoms with Gasteiger partial charge in [-0.3, -0.25) is 0 Å². The summed E-state index contributed by atoms with van der Waals surface area (Å²) in [7, 11) is 0. The number of aliphatic hydroxyl groups is 1. The smallest absolute Gasteiger partial charge is 0.377 e. The van der Waals surface area contributed by atoms with Crippen molar-refractivity contribution in [1.29, 1.82) is 0 Å². The van der Waals surface area contributed by atoms with Gasteiger partial charge in [0, 0.05) is 5.92 Å². The standard InChI is InChI=1S/C17H17F11O/c1-3-9-12(18,16(23,24)25)14(19,20)13(29,15(21,22)17(26,27)28)10(2)11-7-5-4-6-8-11/h4-8,10,29H,3,9H2,1-2H3. The molecule has 0 spiro atoms. The number of halogens is 11. The lowest BCUT2D eigenvalue weighted by molar-refractivity contribution is -0.422. The molecule has 0 amide bonds. The molecule has 1 nitrogen and oxygen atoms in total. The molecular weight excluding hydrogens is 429 g/mol. The highest BCUT2D eigenvalue weighted by Crippen LogP contribution is 2.62.